The molecule has 1 amide bonds. The minimum Gasteiger partial charge on any atom is -0.377 e. The Morgan fingerprint density at radius 2 is 2.23 bits per heavy atom. The van der Waals surface area contributed by atoms with Crippen molar-refractivity contribution in [2.45, 2.75) is 38.5 Å². The maximum absolute atomic E-state index is 12.3. The van der Waals surface area contributed by atoms with Crippen LogP contribution in [-0.4, -0.2) is 59.5 Å². The molecule has 2 aliphatic rings. The summed E-state index contributed by atoms with van der Waals surface area (Å²) >= 11 is 0. The first-order valence-corrected chi connectivity index (χ1v) is 7.71. The molecule has 22 heavy (non-hydrogen) atoms. The van der Waals surface area contributed by atoms with Crippen molar-refractivity contribution in [1.82, 2.24) is 15.4 Å². The third-order valence-corrected chi connectivity index (χ3v) is 4.57. The zero-order chi connectivity index (χ0) is 15.9. The molecular weight excluding hydrogens is 286 g/mol. The van der Waals surface area contributed by atoms with Gasteiger partial charge in [0.25, 0.3) is 5.91 Å². The van der Waals surface area contributed by atoms with Gasteiger partial charge < -0.3 is 19.7 Å². The van der Waals surface area contributed by atoms with Crippen LogP contribution in [0.3, 0.4) is 0 Å². The highest BCUT2D eigenvalue weighted by Crippen LogP contribution is 2.29. The van der Waals surface area contributed by atoms with Gasteiger partial charge in [0.2, 0.25) is 0 Å². The fraction of sp³-hybridized carbons (Fsp3) is 0.733. The van der Waals surface area contributed by atoms with Crippen LogP contribution >= 0.6 is 0 Å². The zero-order valence-corrected chi connectivity index (χ0v) is 13.2. The largest absolute Gasteiger partial charge is 0.377 e. The second-order valence-corrected chi connectivity index (χ2v) is 6.71. The maximum atomic E-state index is 12.3. The van der Waals surface area contributed by atoms with Gasteiger partial charge in [0.1, 0.15) is 0 Å². The topological polar surface area (TPSA) is 87.8 Å². The van der Waals surface area contributed by atoms with E-state index in [9.17, 15) is 9.90 Å². The summed E-state index contributed by atoms with van der Waals surface area (Å²) < 4.78 is 10.1. The Balaban J connectivity index is 1.63. The predicted octanol–water partition coefficient (Wildman–Crippen LogP) is 0.351. The maximum Gasteiger partial charge on any atom is 0.273 e. The number of nitrogens with zero attached hydrogens (tertiary/aromatic N) is 2. The van der Waals surface area contributed by atoms with E-state index in [1.165, 1.54) is 6.07 Å². The second kappa shape index (κ2) is 5.64. The van der Waals surface area contributed by atoms with Crippen molar-refractivity contribution in [3.8, 4) is 0 Å². The third kappa shape index (κ3) is 2.76. The SMILES string of the molecule is CC(C)N1C[C@H](C)[C@H](NC(=O)c2cc(C3(O)COC3)on2)C1. The van der Waals surface area contributed by atoms with E-state index in [4.69, 9.17) is 9.26 Å². The lowest BCUT2D eigenvalue weighted by molar-refractivity contribution is -0.195. The lowest BCUT2D eigenvalue weighted by Crippen LogP contribution is -2.46. The number of likely N-dealkylation sites (tertiary alicyclic amines) is 1. The fourth-order valence-corrected chi connectivity index (χ4v) is 2.90. The first kappa shape index (κ1) is 15.5. The standard InChI is InChI=1S/C15H23N3O4/c1-9(2)18-5-10(3)12(6-18)16-14(19)11-4-13(22-17-11)15(20)7-21-8-15/h4,9-10,12,20H,5-8H2,1-3H3,(H,16,19)/t10-,12+/m0/s1. The Morgan fingerprint density at radius 3 is 2.77 bits per heavy atom. The van der Waals surface area contributed by atoms with Crippen LogP contribution in [0.2, 0.25) is 0 Å². The van der Waals surface area contributed by atoms with E-state index in [1.807, 2.05) is 0 Å². The van der Waals surface area contributed by atoms with E-state index < -0.39 is 5.60 Å². The zero-order valence-electron chi connectivity index (χ0n) is 13.2. The van der Waals surface area contributed by atoms with E-state index in [0.717, 1.165) is 13.1 Å². The average molecular weight is 309 g/mol. The van der Waals surface area contributed by atoms with Crippen LogP contribution in [-0.2, 0) is 10.3 Å². The molecular formula is C15H23N3O4. The van der Waals surface area contributed by atoms with Gasteiger partial charge in [0.15, 0.2) is 17.1 Å². The van der Waals surface area contributed by atoms with E-state index in [-0.39, 0.29) is 36.6 Å². The molecule has 2 atom stereocenters. The summed E-state index contributed by atoms with van der Waals surface area (Å²) in [4.78, 5) is 14.6. The lowest BCUT2D eigenvalue weighted by Gasteiger charge is -2.33. The highest BCUT2D eigenvalue weighted by molar-refractivity contribution is 5.92. The molecule has 2 N–H and O–H groups in total. The molecule has 0 aliphatic carbocycles. The molecule has 7 heteroatoms. The Morgan fingerprint density at radius 1 is 1.50 bits per heavy atom. The molecule has 1 aromatic rings. The summed E-state index contributed by atoms with van der Waals surface area (Å²) in [5.74, 6) is 0.412. The van der Waals surface area contributed by atoms with Crippen molar-refractivity contribution in [2.24, 2.45) is 5.92 Å². The minimum absolute atomic E-state index is 0.102. The number of aromatic nitrogens is 1. The summed E-state index contributed by atoms with van der Waals surface area (Å²) in [5.41, 5.74) is -0.939. The van der Waals surface area contributed by atoms with Crippen molar-refractivity contribution in [1.29, 1.82) is 0 Å². The number of carbonyl (C=O) groups is 1. The summed E-state index contributed by atoms with van der Waals surface area (Å²) in [6.45, 7) is 8.61. The number of rotatable bonds is 4. The van der Waals surface area contributed by atoms with Gasteiger partial charge in [-0.25, -0.2) is 0 Å². The number of ether oxygens (including phenoxy) is 1. The van der Waals surface area contributed by atoms with Gasteiger partial charge in [-0.2, -0.15) is 0 Å². The summed E-state index contributed by atoms with van der Waals surface area (Å²) in [7, 11) is 0. The van der Waals surface area contributed by atoms with Gasteiger partial charge in [-0.05, 0) is 19.8 Å². The van der Waals surface area contributed by atoms with Gasteiger partial charge >= 0.3 is 0 Å². The van der Waals surface area contributed by atoms with Crippen molar-refractivity contribution in [3.63, 3.8) is 0 Å². The van der Waals surface area contributed by atoms with Crippen LogP contribution in [0.1, 0.15) is 37.0 Å². The first-order valence-electron chi connectivity index (χ1n) is 7.71. The van der Waals surface area contributed by atoms with Crippen molar-refractivity contribution in [2.75, 3.05) is 26.3 Å². The van der Waals surface area contributed by atoms with Crippen LogP contribution in [0.4, 0.5) is 0 Å². The van der Waals surface area contributed by atoms with Gasteiger partial charge in [-0.3, -0.25) is 9.69 Å². The molecule has 0 radical (unpaired) electrons. The second-order valence-electron chi connectivity index (χ2n) is 6.71. The highest BCUT2D eigenvalue weighted by atomic mass is 16.6. The smallest absolute Gasteiger partial charge is 0.273 e. The molecule has 3 rings (SSSR count). The van der Waals surface area contributed by atoms with Gasteiger partial charge in [-0.1, -0.05) is 12.1 Å². The molecule has 0 unspecified atom stereocenters. The molecule has 0 saturated carbocycles. The van der Waals surface area contributed by atoms with Crippen molar-refractivity contribution in [3.05, 3.63) is 17.5 Å². The summed E-state index contributed by atoms with van der Waals surface area (Å²) in [6, 6.07) is 2.07. The Kier molecular flexibility index (Phi) is 3.96. The van der Waals surface area contributed by atoms with Crippen molar-refractivity contribution < 1.29 is 19.2 Å². The lowest BCUT2D eigenvalue weighted by atomic mass is 9.99. The molecule has 2 aliphatic heterocycles. The normalized spacial score (nSPS) is 27.9. The van der Waals surface area contributed by atoms with E-state index in [2.05, 4.69) is 36.1 Å². The Hall–Kier alpha value is -1.44. The van der Waals surface area contributed by atoms with Crippen LogP contribution in [0.25, 0.3) is 0 Å². The third-order valence-electron chi connectivity index (χ3n) is 4.57. The van der Waals surface area contributed by atoms with Crippen LogP contribution in [0, 0.1) is 5.92 Å². The van der Waals surface area contributed by atoms with E-state index >= 15 is 0 Å². The molecule has 3 heterocycles. The number of aliphatic hydroxyl groups is 1. The van der Waals surface area contributed by atoms with Crippen LogP contribution in [0.15, 0.2) is 10.6 Å². The molecule has 0 bridgehead atoms. The number of hydrogen-bond donors (Lipinski definition) is 2. The quantitative estimate of drug-likeness (QED) is 0.834. The number of nitrogens with one attached hydrogen (secondary N) is 1. The van der Waals surface area contributed by atoms with Crippen LogP contribution < -0.4 is 5.32 Å². The molecule has 2 saturated heterocycles. The van der Waals surface area contributed by atoms with E-state index in [0.29, 0.717) is 12.0 Å². The fourth-order valence-electron chi connectivity index (χ4n) is 2.90. The average Bonchev–Trinajstić information content (AvgIpc) is 3.04. The van der Waals surface area contributed by atoms with E-state index in [1.54, 1.807) is 0 Å². The molecule has 0 spiro atoms. The minimum atomic E-state index is -1.14. The number of hydrogen-bond acceptors (Lipinski definition) is 6. The first-order chi connectivity index (χ1) is 10.4. The molecule has 2 fully saturated rings. The van der Waals surface area contributed by atoms with Crippen molar-refractivity contribution >= 4 is 5.91 Å². The van der Waals surface area contributed by atoms with Gasteiger partial charge in [0, 0.05) is 31.2 Å². The Bertz CT molecular complexity index is 553. The Labute approximate surface area is 129 Å². The highest BCUT2D eigenvalue weighted by Gasteiger charge is 2.42. The molecule has 0 aromatic carbocycles. The monoisotopic (exact) mass is 309 g/mol. The summed E-state index contributed by atoms with van der Waals surface area (Å²) in [5, 5.41) is 16.9. The van der Waals surface area contributed by atoms with Crippen LogP contribution in [0.5, 0.6) is 0 Å². The summed E-state index contributed by atoms with van der Waals surface area (Å²) in [6.07, 6.45) is 0. The molecule has 1 aromatic heterocycles. The molecule has 122 valence electrons. The molecule has 7 nitrogen and oxygen atoms in total. The van der Waals surface area contributed by atoms with Gasteiger partial charge in [0.05, 0.1) is 13.2 Å². The number of amides is 1. The number of carbonyl (C=O) groups excluding carboxylic acids is 1. The predicted molar refractivity (Wildman–Crippen MR) is 78.3 cm³/mol. The van der Waals surface area contributed by atoms with Gasteiger partial charge in [-0.15, -0.1) is 0 Å².